The molecule has 1 aliphatic rings. The lowest BCUT2D eigenvalue weighted by atomic mass is 9.82. The Morgan fingerprint density at radius 1 is 1.16 bits per heavy atom. The number of nitrogens with one attached hydrogen (secondary N) is 1. The molecule has 3 aromatic rings. The molecule has 2 amide bonds. The van der Waals surface area contributed by atoms with Crippen LogP contribution in [0.2, 0.25) is 0 Å². The molecule has 1 aliphatic carbocycles. The van der Waals surface area contributed by atoms with Crippen molar-refractivity contribution in [2.24, 2.45) is 17.1 Å². The Kier molecular flexibility index (Phi) is 11.2. The van der Waals surface area contributed by atoms with Gasteiger partial charge in [-0.1, -0.05) is 39.8 Å². The number of aryl methyl sites for hydroxylation is 1. The number of nitrogens with zero attached hydrogens (tertiary/aromatic N) is 1. The van der Waals surface area contributed by atoms with Crippen molar-refractivity contribution in [3.63, 3.8) is 0 Å². The fourth-order valence-corrected chi connectivity index (χ4v) is 7.56. The first kappa shape index (κ1) is 32.9. The van der Waals surface area contributed by atoms with Gasteiger partial charge in [0.05, 0.1) is 0 Å². The summed E-state index contributed by atoms with van der Waals surface area (Å²) in [5.41, 5.74) is 7.76. The number of thiophene rings is 2. The van der Waals surface area contributed by atoms with Gasteiger partial charge in [0.25, 0.3) is 0 Å². The molecule has 0 fully saturated rings. The second-order valence-electron chi connectivity index (χ2n) is 12.3. The summed E-state index contributed by atoms with van der Waals surface area (Å²) in [5.74, 6) is -1.12. The summed E-state index contributed by atoms with van der Waals surface area (Å²) in [4.78, 5) is 43.9. The zero-order valence-corrected chi connectivity index (χ0v) is 27.7. The molecule has 2 aromatic heterocycles. The third-order valence-corrected chi connectivity index (χ3v) is 10.3. The van der Waals surface area contributed by atoms with Crippen LogP contribution in [0, 0.1) is 18.3 Å². The topological polar surface area (TPSA) is 102 Å². The van der Waals surface area contributed by atoms with E-state index in [1.54, 1.807) is 32.1 Å². The van der Waals surface area contributed by atoms with E-state index in [1.807, 2.05) is 11.3 Å². The van der Waals surface area contributed by atoms with E-state index in [9.17, 15) is 14.4 Å². The lowest BCUT2D eigenvalue weighted by Gasteiger charge is -2.36. The van der Waals surface area contributed by atoms with Crippen molar-refractivity contribution in [2.75, 3.05) is 19.6 Å². The number of rotatable bonds is 14. The van der Waals surface area contributed by atoms with Gasteiger partial charge < -0.3 is 15.8 Å². The highest BCUT2D eigenvalue weighted by molar-refractivity contribution is 7.15. The standard InChI is InChI=1S/C34H45N3O4S2/c1-6-16-37(17-15-26-8-7-18-42-26)25-11-13-27-24(19-25)10-12-28(29-14-9-23(3)43-29)31(27)41-30(38)21-36-33(40)34(4,5)20-22(2)32(35)39/h7-10,12,14,18,22,25H,6,11,13,15-17,19-21H2,1-5H3,(H2,35,39)(H,36,40). The van der Waals surface area contributed by atoms with Crippen molar-refractivity contribution < 1.29 is 19.1 Å². The molecule has 0 saturated heterocycles. The highest BCUT2D eigenvalue weighted by Crippen LogP contribution is 2.42. The molecule has 9 heteroatoms. The van der Waals surface area contributed by atoms with E-state index in [4.69, 9.17) is 10.5 Å². The Morgan fingerprint density at radius 2 is 1.95 bits per heavy atom. The highest BCUT2D eigenvalue weighted by atomic mass is 32.1. The van der Waals surface area contributed by atoms with E-state index in [0.717, 1.165) is 61.2 Å². The molecule has 7 nitrogen and oxygen atoms in total. The van der Waals surface area contributed by atoms with E-state index in [2.05, 4.69) is 65.8 Å². The van der Waals surface area contributed by atoms with Crippen LogP contribution in [0.3, 0.4) is 0 Å². The number of nitrogens with two attached hydrogens (primary N) is 1. The normalized spacial score (nSPS) is 15.6. The average molecular weight is 624 g/mol. The van der Waals surface area contributed by atoms with Crippen LogP contribution in [0.5, 0.6) is 5.75 Å². The zero-order chi connectivity index (χ0) is 31.1. The third-order valence-electron chi connectivity index (χ3n) is 8.33. The minimum absolute atomic E-state index is 0.255. The van der Waals surface area contributed by atoms with E-state index in [1.165, 1.54) is 15.3 Å². The Hall–Kier alpha value is -3.01. The number of benzene rings is 1. The van der Waals surface area contributed by atoms with Gasteiger partial charge in [0.1, 0.15) is 12.3 Å². The Morgan fingerprint density at radius 3 is 2.60 bits per heavy atom. The predicted molar refractivity (Wildman–Crippen MR) is 176 cm³/mol. The van der Waals surface area contributed by atoms with Gasteiger partial charge in [-0.15, -0.1) is 22.7 Å². The molecular formula is C34H45N3O4S2. The van der Waals surface area contributed by atoms with Crippen LogP contribution < -0.4 is 15.8 Å². The SMILES string of the molecule is CCCN(CCc1cccs1)C1CCc2c(ccc(-c3ccc(C)s3)c2OC(=O)CNC(=O)C(C)(C)CC(C)C(N)=O)C1. The summed E-state index contributed by atoms with van der Waals surface area (Å²) in [5, 5.41) is 4.86. The second-order valence-corrected chi connectivity index (χ2v) is 14.6. The van der Waals surface area contributed by atoms with Crippen molar-refractivity contribution in [3.05, 3.63) is 62.7 Å². The fraction of sp³-hybridized carbons (Fsp3) is 0.500. The minimum Gasteiger partial charge on any atom is -0.424 e. The lowest BCUT2D eigenvalue weighted by Crippen LogP contribution is -2.42. The summed E-state index contributed by atoms with van der Waals surface area (Å²) in [7, 11) is 0. The van der Waals surface area contributed by atoms with E-state index in [-0.39, 0.29) is 12.5 Å². The van der Waals surface area contributed by atoms with Gasteiger partial charge in [-0.3, -0.25) is 14.5 Å². The molecule has 232 valence electrons. The molecule has 43 heavy (non-hydrogen) atoms. The molecule has 3 N–H and O–H groups in total. The quantitative estimate of drug-likeness (QED) is 0.166. The Labute approximate surface area is 263 Å². The zero-order valence-electron chi connectivity index (χ0n) is 26.0. The summed E-state index contributed by atoms with van der Waals surface area (Å²) in [6.45, 7) is 11.3. The first-order valence-electron chi connectivity index (χ1n) is 15.2. The predicted octanol–water partition coefficient (Wildman–Crippen LogP) is 6.16. The molecule has 1 aromatic carbocycles. The van der Waals surface area contributed by atoms with E-state index >= 15 is 0 Å². The largest absolute Gasteiger partial charge is 0.424 e. The van der Waals surface area contributed by atoms with Gasteiger partial charge in [-0.2, -0.15) is 0 Å². The lowest BCUT2D eigenvalue weighted by molar-refractivity contribution is -0.138. The number of carbonyl (C=O) groups excluding carboxylic acids is 3. The first-order valence-corrected chi connectivity index (χ1v) is 16.9. The highest BCUT2D eigenvalue weighted by Gasteiger charge is 2.32. The van der Waals surface area contributed by atoms with Crippen LogP contribution >= 0.6 is 22.7 Å². The van der Waals surface area contributed by atoms with Gasteiger partial charge in [0.15, 0.2) is 0 Å². The van der Waals surface area contributed by atoms with Crippen molar-refractivity contribution in [2.45, 2.75) is 79.2 Å². The molecule has 0 spiro atoms. The second kappa shape index (κ2) is 14.6. The van der Waals surface area contributed by atoms with E-state index < -0.39 is 23.2 Å². The van der Waals surface area contributed by atoms with Gasteiger partial charge in [0, 0.05) is 44.1 Å². The number of esters is 1. The van der Waals surface area contributed by atoms with Crippen molar-refractivity contribution in [1.82, 2.24) is 10.2 Å². The van der Waals surface area contributed by atoms with Crippen LogP contribution in [0.4, 0.5) is 0 Å². The van der Waals surface area contributed by atoms with Gasteiger partial charge >= 0.3 is 5.97 Å². The number of ether oxygens (including phenoxy) is 1. The van der Waals surface area contributed by atoms with Crippen molar-refractivity contribution in [3.8, 4) is 16.2 Å². The molecule has 2 heterocycles. The van der Waals surface area contributed by atoms with Crippen LogP contribution in [0.1, 0.15) is 67.8 Å². The number of carbonyl (C=O) groups is 3. The average Bonchev–Trinajstić information content (AvgIpc) is 3.65. The monoisotopic (exact) mass is 623 g/mol. The molecular weight excluding hydrogens is 579 g/mol. The third kappa shape index (κ3) is 8.55. The number of primary amides is 1. The first-order chi connectivity index (χ1) is 20.5. The fourth-order valence-electron chi connectivity index (χ4n) is 5.98. The van der Waals surface area contributed by atoms with E-state index in [0.29, 0.717) is 18.2 Å². The molecule has 0 saturated carbocycles. The molecule has 0 aliphatic heterocycles. The maximum Gasteiger partial charge on any atom is 0.330 e. The van der Waals surface area contributed by atoms with Crippen LogP contribution in [0.15, 0.2) is 41.8 Å². The number of fused-ring (bicyclic) bond motifs is 1. The van der Waals surface area contributed by atoms with Gasteiger partial charge in [0.2, 0.25) is 11.8 Å². The molecule has 0 radical (unpaired) electrons. The van der Waals surface area contributed by atoms with Gasteiger partial charge in [-0.25, -0.2) is 4.79 Å². The summed E-state index contributed by atoms with van der Waals surface area (Å²) >= 11 is 3.49. The minimum atomic E-state index is -0.858. The summed E-state index contributed by atoms with van der Waals surface area (Å²) in [6.07, 6.45) is 5.20. The number of hydrogen-bond donors (Lipinski definition) is 2. The van der Waals surface area contributed by atoms with Crippen LogP contribution in [0.25, 0.3) is 10.4 Å². The molecule has 2 unspecified atom stereocenters. The maximum absolute atomic E-state index is 13.2. The number of amides is 2. The molecule has 0 bridgehead atoms. The smallest absolute Gasteiger partial charge is 0.330 e. The summed E-state index contributed by atoms with van der Waals surface area (Å²) < 4.78 is 6.10. The maximum atomic E-state index is 13.2. The van der Waals surface area contributed by atoms with Crippen molar-refractivity contribution >= 4 is 40.5 Å². The van der Waals surface area contributed by atoms with Crippen molar-refractivity contribution in [1.29, 1.82) is 0 Å². The Bertz CT molecular complexity index is 1410. The van der Waals surface area contributed by atoms with Crippen LogP contribution in [-0.4, -0.2) is 48.4 Å². The molecule has 4 rings (SSSR count). The summed E-state index contributed by atoms with van der Waals surface area (Å²) in [6, 6.07) is 13.2. The Balaban J connectivity index is 1.51. The number of hydrogen-bond acceptors (Lipinski definition) is 7. The molecule has 2 atom stereocenters. The van der Waals surface area contributed by atoms with Gasteiger partial charge in [-0.05, 0) is 92.8 Å². The van der Waals surface area contributed by atoms with Crippen LogP contribution in [-0.2, 0) is 33.6 Å².